The number of hydrogen-bond donors (Lipinski definition) is 3. The summed E-state index contributed by atoms with van der Waals surface area (Å²) in [4.78, 5) is 34.6. The number of imidazole rings is 1. The molecule has 0 aliphatic rings. The number of anilines is 3. The van der Waals surface area contributed by atoms with Gasteiger partial charge in [-0.2, -0.15) is 5.10 Å². The highest BCUT2D eigenvalue weighted by Crippen LogP contribution is 2.28. The highest BCUT2D eigenvalue weighted by molar-refractivity contribution is 6.05. The molecule has 0 saturated heterocycles. The van der Waals surface area contributed by atoms with E-state index in [1.54, 1.807) is 42.5 Å². The van der Waals surface area contributed by atoms with Gasteiger partial charge in [-0.25, -0.2) is 14.5 Å². The van der Waals surface area contributed by atoms with Crippen LogP contribution in [-0.4, -0.2) is 55.7 Å². The quantitative estimate of drug-likeness (QED) is 0.255. The highest BCUT2D eigenvalue weighted by atomic mass is 16.5. The fourth-order valence-corrected chi connectivity index (χ4v) is 4.46. The monoisotopic (exact) mass is 538 g/mol. The van der Waals surface area contributed by atoms with E-state index in [2.05, 4.69) is 31.0 Å². The third-order valence-corrected chi connectivity index (χ3v) is 6.53. The smallest absolute Gasteiger partial charge is 0.255 e. The molecule has 0 unspecified atom stereocenters. The maximum atomic E-state index is 13.2. The summed E-state index contributed by atoms with van der Waals surface area (Å²) in [6, 6.07) is 12.8. The van der Waals surface area contributed by atoms with Crippen molar-refractivity contribution in [2.24, 2.45) is 0 Å². The number of aromatic nitrogens is 5. The summed E-state index contributed by atoms with van der Waals surface area (Å²) in [6.45, 7) is 6.08. The number of ether oxygens (including phenoxy) is 1. The second-order valence-corrected chi connectivity index (χ2v) is 9.53. The van der Waals surface area contributed by atoms with E-state index in [1.165, 1.54) is 6.33 Å². The van der Waals surface area contributed by atoms with Crippen molar-refractivity contribution in [3.8, 4) is 5.69 Å². The summed E-state index contributed by atoms with van der Waals surface area (Å²) in [5.74, 6) is 0.0531. The zero-order valence-corrected chi connectivity index (χ0v) is 22.7. The van der Waals surface area contributed by atoms with Crippen LogP contribution >= 0.6 is 0 Å². The van der Waals surface area contributed by atoms with Gasteiger partial charge in [0.1, 0.15) is 11.8 Å². The van der Waals surface area contributed by atoms with Crippen molar-refractivity contribution in [2.75, 3.05) is 24.4 Å². The van der Waals surface area contributed by atoms with Crippen molar-refractivity contribution in [3.63, 3.8) is 0 Å². The minimum absolute atomic E-state index is 0.145. The van der Waals surface area contributed by atoms with Crippen LogP contribution in [0.15, 0.2) is 73.7 Å². The van der Waals surface area contributed by atoms with Crippen LogP contribution in [0, 0.1) is 13.8 Å². The first-order valence-electron chi connectivity index (χ1n) is 12.7. The van der Waals surface area contributed by atoms with Gasteiger partial charge in [0.2, 0.25) is 0 Å². The lowest BCUT2D eigenvalue weighted by atomic mass is 10.1. The molecular formula is C29H30N8O3. The van der Waals surface area contributed by atoms with Crippen molar-refractivity contribution in [2.45, 2.75) is 26.8 Å². The number of hydrogen-bond acceptors (Lipinski definition) is 7. The van der Waals surface area contributed by atoms with Gasteiger partial charge >= 0.3 is 0 Å². The molecule has 5 aromatic rings. The van der Waals surface area contributed by atoms with E-state index in [0.29, 0.717) is 40.4 Å². The van der Waals surface area contributed by atoms with Crippen LogP contribution in [0.4, 0.5) is 17.2 Å². The maximum Gasteiger partial charge on any atom is 0.255 e. The Morgan fingerprint density at radius 1 is 1.10 bits per heavy atom. The molecule has 0 radical (unpaired) electrons. The van der Waals surface area contributed by atoms with Gasteiger partial charge in [0.15, 0.2) is 5.82 Å². The Morgan fingerprint density at radius 2 is 1.95 bits per heavy atom. The molecule has 0 fully saturated rings. The van der Waals surface area contributed by atoms with Crippen LogP contribution in [-0.2, 0) is 4.74 Å². The number of carbonyl (C=O) groups is 2. The Labute approximate surface area is 231 Å². The van der Waals surface area contributed by atoms with Gasteiger partial charge in [0.25, 0.3) is 11.8 Å². The normalized spacial score (nSPS) is 11.8. The molecule has 3 heterocycles. The summed E-state index contributed by atoms with van der Waals surface area (Å²) in [5, 5.41) is 13.5. The first kappa shape index (κ1) is 26.6. The largest absolute Gasteiger partial charge is 0.383 e. The number of carbonyl (C=O) groups excluding carboxylic acids is 2. The maximum absolute atomic E-state index is 13.2. The molecule has 0 aliphatic carbocycles. The lowest BCUT2D eigenvalue weighted by Gasteiger charge is -2.13. The molecule has 1 atom stereocenters. The van der Waals surface area contributed by atoms with E-state index in [4.69, 9.17) is 4.74 Å². The van der Waals surface area contributed by atoms with Crippen LogP contribution < -0.4 is 16.0 Å². The molecule has 5 rings (SSSR count). The number of amides is 2. The molecule has 0 saturated carbocycles. The fraction of sp³-hybridized carbons (Fsp3) is 0.207. The first-order chi connectivity index (χ1) is 19.3. The van der Waals surface area contributed by atoms with Gasteiger partial charge in [0, 0.05) is 54.4 Å². The first-order valence-corrected chi connectivity index (χ1v) is 12.7. The van der Waals surface area contributed by atoms with E-state index in [1.807, 2.05) is 61.9 Å². The molecule has 204 valence electrons. The lowest BCUT2D eigenvalue weighted by Crippen LogP contribution is -2.35. The van der Waals surface area contributed by atoms with Crippen molar-refractivity contribution in [1.29, 1.82) is 0 Å². The molecule has 0 aliphatic heterocycles. The predicted octanol–water partition coefficient (Wildman–Crippen LogP) is 4.29. The molecular weight excluding hydrogens is 508 g/mol. The molecule has 0 spiro atoms. The topological polar surface area (TPSA) is 127 Å². The summed E-state index contributed by atoms with van der Waals surface area (Å²) in [6.07, 6.45) is 8.34. The number of aryl methyl sites for hydroxylation is 2. The zero-order valence-electron chi connectivity index (χ0n) is 22.7. The Bertz CT molecular complexity index is 1680. The predicted molar refractivity (Wildman–Crippen MR) is 153 cm³/mol. The average molecular weight is 539 g/mol. The zero-order chi connectivity index (χ0) is 28.2. The molecule has 40 heavy (non-hydrogen) atoms. The molecule has 2 amide bonds. The van der Waals surface area contributed by atoms with Crippen molar-refractivity contribution in [3.05, 3.63) is 96.0 Å². The Balaban J connectivity index is 1.39. The summed E-state index contributed by atoms with van der Waals surface area (Å²) < 4.78 is 8.61. The third kappa shape index (κ3) is 5.54. The van der Waals surface area contributed by atoms with Crippen LogP contribution in [0.1, 0.15) is 38.8 Å². The van der Waals surface area contributed by atoms with E-state index in [9.17, 15) is 9.59 Å². The standard InChI is InChI=1S/C29H30N8O3/c1-18-8-9-21(28(38)34-22-6-5-7-23(13-22)36-11-10-30-17-36)12-25(18)35-27-26-20(3)24(14-37(26)32-16-31-27)29(39)33-19(2)15-40-4/h5-14,16-17,19H,15H2,1-4H3,(H,33,39)(H,34,38)(H,31,32,35)/t19-/m0/s1. The number of rotatable bonds is 9. The van der Waals surface area contributed by atoms with Gasteiger partial charge in [-0.3, -0.25) is 9.59 Å². The highest BCUT2D eigenvalue weighted by Gasteiger charge is 2.20. The van der Waals surface area contributed by atoms with Gasteiger partial charge in [-0.15, -0.1) is 0 Å². The Kier molecular flexibility index (Phi) is 7.56. The van der Waals surface area contributed by atoms with Gasteiger partial charge in [-0.05, 0) is 62.2 Å². The van der Waals surface area contributed by atoms with Crippen LogP contribution in [0.3, 0.4) is 0 Å². The van der Waals surface area contributed by atoms with Crippen LogP contribution in [0.2, 0.25) is 0 Å². The number of benzene rings is 2. The van der Waals surface area contributed by atoms with E-state index < -0.39 is 0 Å². The number of nitrogens with one attached hydrogen (secondary N) is 3. The van der Waals surface area contributed by atoms with E-state index in [0.717, 1.165) is 16.8 Å². The second-order valence-electron chi connectivity index (χ2n) is 9.53. The number of methoxy groups -OCH3 is 1. The molecule has 0 bridgehead atoms. The molecule has 2 aromatic carbocycles. The third-order valence-electron chi connectivity index (χ3n) is 6.53. The van der Waals surface area contributed by atoms with Gasteiger partial charge in [-0.1, -0.05) is 12.1 Å². The van der Waals surface area contributed by atoms with Crippen molar-refractivity contribution < 1.29 is 14.3 Å². The SMILES string of the molecule is COC[C@H](C)NC(=O)c1cn2ncnc(Nc3cc(C(=O)Nc4cccc(-n5ccnc5)c4)ccc3C)c2c1C. The van der Waals surface area contributed by atoms with Gasteiger partial charge in [0.05, 0.1) is 18.5 Å². The molecule has 11 nitrogen and oxygen atoms in total. The van der Waals surface area contributed by atoms with Crippen molar-refractivity contribution in [1.82, 2.24) is 29.5 Å². The number of fused-ring (bicyclic) bond motifs is 1. The summed E-state index contributed by atoms with van der Waals surface area (Å²) >= 11 is 0. The second kappa shape index (κ2) is 11.4. The fourth-order valence-electron chi connectivity index (χ4n) is 4.46. The molecule has 11 heteroatoms. The van der Waals surface area contributed by atoms with Crippen LogP contribution in [0.25, 0.3) is 11.2 Å². The molecule has 3 aromatic heterocycles. The van der Waals surface area contributed by atoms with Gasteiger partial charge < -0.3 is 25.3 Å². The summed E-state index contributed by atoms with van der Waals surface area (Å²) in [7, 11) is 1.59. The summed E-state index contributed by atoms with van der Waals surface area (Å²) in [5.41, 5.74) is 5.55. The lowest BCUT2D eigenvalue weighted by molar-refractivity contribution is 0.0904. The minimum Gasteiger partial charge on any atom is -0.383 e. The Morgan fingerprint density at radius 3 is 2.73 bits per heavy atom. The minimum atomic E-state index is -0.248. The Hall–Kier alpha value is -5.03. The van der Waals surface area contributed by atoms with E-state index >= 15 is 0 Å². The van der Waals surface area contributed by atoms with E-state index in [-0.39, 0.29) is 17.9 Å². The average Bonchev–Trinajstić information content (AvgIpc) is 3.59. The van der Waals surface area contributed by atoms with Crippen LogP contribution in [0.5, 0.6) is 0 Å². The number of nitrogens with zero attached hydrogens (tertiary/aromatic N) is 5. The molecule has 3 N–H and O–H groups in total. The van der Waals surface area contributed by atoms with Crippen molar-refractivity contribution >= 4 is 34.5 Å².